The van der Waals surface area contributed by atoms with Gasteiger partial charge in [-0.1, -0.05) is 12.1 Å². The van der Waals surface area contributed by atoms with Crippen LogP contribution in [0.4, 0.5) is 0 Å². The second-order valence-electron chi connectivity index (χ2n) is 5.02. The summed E-state index contributed by atoms with van der Waals surface area (Å²) in [5.41, 5.74) is 5.61. The highest BCUT2D eigenvalue weighted by atomic mass is 79.9. The van der Waals surface area contributed by atoms with E-state index in [0.717, 1.165) is 46.5 Å². The van der Waals surface area contributed by atoms with Crippen molar-refractivity contribution < 1.29 is 0 Å². The fraction of sp³-hybridized carbons (Fsp3) is 0.200. The maximum Gasteiger partial charge on any atom is 0.178 e. The summed E-state index contributed by atoms with van der Waals surface area (Å²) in [5, 5.41) is 3.40. The molecule has 0 amide bonds. The lowest BCUT2D eigenvalue weighted by Gasteiger charge is -2.17. The van der Waals surface area contributed by atoms with Crippen LogP contribution >= 0.6 is 15.9 Å². The molecule has 0 atom stereocenters. The van der Waals surface area contributed by atoms with E-state index in [9.17, 15) is 0 Å². The smallest absolute Gasteiger partial charge is 0.178 e. The molecule has 4 nitrogen and oxygen atoms in total. The summed E-state index contributed by atoms with van der Waals surface area (Å²) in [4.78, 5) is 12.2. The van der Waals surface area contributed by atoms with Gasteiger partial charge in [0.25, 0.3) is 0 Å². The lowest BCUT2D eigenvalue weighted by molar-refractivity contribution is 0.644. The highest BCUT2D eigenvalue weighted by molar-refractivity contribution is 9.10. The number of aromatic amines is 1. The predicted octanol–water partition coefficient (Wildman–Crippen LogP) is 3.03. The van der Waals surface area contributed by atoms with Gasteiger partial charge in [0, 0.05) is 22.8 Å². The molecule has 1 aliphatic heterocycles. The lowest BCUT2D eigenvalue weighted by Crippen LogP contribution is -2.23. The van der Waals surface area contributed by atoms with Gasteiger partial charge in [-0.05, 0) is 52.2 Å². The van der Waals surface area contributed by atoms with E-state index >= 15 is 0 Å². The number of benzene rings is 1. The summed E-state index contributed by atoms with van der Waals surface area (Å²) >= 11 is 3.43. The first-order valence-electron chi connectivity index (χ1n) is 6.64. The van der Waals surface area contributed by atoms with Crippen molar-refractivity contribution in [3.63, 3.8) is 0 Å². The second-order valence-corrected chi connectivity index (χ2v) is 5.94. The molecule has 0 bridgehead atoms. The molecular formula is C15H13BrN4. The Morgan fingerprint density at radius 2 is 2.10 bits per heavy atom. The van der Waals surface area contributed by atoms with Crippen molar-refractivity contribution >= 4 is 27.1 Å². The van der Waals surface area contributed by atoms with Crippen LogP contribution < -0.4 is 5.32 Å². The van der Waals surface area contributed by atoms with Crippen molar-refractivity contribution in [3.05, 3.63) is 46.1 Å². The fourth-order valence-electron chi connectivity index (χ4n) is 2.64. The molecule has 2 aromatic heterocycles. The second kappa shape index (κ2) is 4.68. The van der Waals surface area contributed by atoms with Crippen molar-refractivity contribution in [2.24, 2.45) is 0 Å². The zero-order valence-electron chi connectivity index (χ0n) is 10.8. The number of nitrogens with zero attached hydrogens (tertiary/aromatic N) is 2. The molecule has 1 aromatic carbocycles. The van der Waals surface area contributed by atoms with Gasteiger partial charge >= 0.3 is 0 Å². The maximum absolute atomic E-state index is 4.57. The average molecular weight is 329 g/mol. The van der Waals surface area contributed by atoms with E-state index in [0.29, 0.717) is 0 Å². The number of hydrogen-bond donors (Lipinski definition) is 2. The Morgan fingerprint density at radius 3 is 3.05 bits per heavy atom. The van der Waals surface area contributed by atoms with Gasteiger partial charge in [0.1, 0.15) is 5.82 Å². The van der Waals surface area contributed by atoms with E-state index in [1.165, 1.54) is 11.1 Å². The third-order valence-corrected chi connectivity index (χ3v) is 4.10. The zero-order valence-corrected chi connectivity index (χ0v) is 12.4. The van der Waals surface area contributed by atoms with Gasteiger partial charge in [-0.15, -0.1) is 0 Å². The number of rotatable bonds is 1. The normalized spacial score (nSPS) is 14.4. The van der Waals surface area contributed by atoms with E-state index in [4.69, 9.17) is 0 Å². The first kappa shape index (κ1) is 12.1. The highest BCUT2D eigenvalue weighted by Gasteiger charge is 2.12. The summed E-state index contributed by atoms with van der Waals surface area (Å²) < 4.78 is 0.954. The van der Waals surface area contributed by atoms with Crippen LogP contribution in [0.5, 0.6) is 0 Å². The van der Waals surface area contributed by atoms with E-state index in [1.54, 1.807) is 6.20 Å². The molecule has 0 aliphatic carbocycles. The molecule has 5 heteroatoms. The molecule has 0 spiro atoms. The Morgan fingerprint density at radius 1 is 1.15 bits per heavy atom. The highest BCUT2D eigenvalue weighted by Crippen LogP contribution is 2.24. The summed E-state index contributed by atoms with van der Waals surface area (Å²) in [6.45, 7) is 2.00. The van der Waals surface area contributed by atoms with Gasteiger partial charge in [0.05, 0.1) is 5.52 Å². The monoisotopic (exact) mass is 328 g/mol. The van der Waals surface area contributed by atoms with Crippen LogP contribution in [0.2, 0.25) is 0 Å². The van der Waals surface area contributed by atoms with Gasteiger partial charge in [-0.3, -0.25) is 0 Å². The predicted molar refractivity (Wildman–Crippen MR) is 82.4 cm³/mol. The Balaban J connectivity index is 1.82. The molecule has 3 aromatic rings. The van der Waals surface area contributed by atoms with Crippen molar-refractivity contribution in [1.82, 2.24) is 20.3 Å². The number of halogens is 1. The Bertz CT molecular complexity index is 794. The van der Waals surface area contributed by atoms with Gasteiger partial charge in [-0.25, -0.2) is 9.97 Å². The minimum Gasteiger partial charge on any atom is -0.337 e. The van der Waals surface area contributed by atoms with Crippen molar-refractivity contribution in [1.29, 1.82) is 0 Å². The summed E-state index contributed by atoms with van der Waals surface area (Å²) in [6, 6.07) is 8.56. The molecule has 0 saturated heterocycles. The van der Waals surface area contributed by atoms with E-state index in [-0.39, 0.29) is 0 Å². The minimum atomic E-state index is 0.749. The lowest BCUT2D eigenvalue weighted by atomic mass is 9.98. The van der Waals surface area contributed by atoms with Crippen LogP contribution in [0.1, 0.15) is 11.1 Å². The molecule has 0 saturated carbocycles. The zero-order chi connectivity index (χ0) is 13.5. The number of H-pyrrole nitrogens is 1. The van der Waals surface area contributed by atoms with E-state index < -0.39 is 0 Å². The van der Waals surface area contributed by atoms with E-state index in [2.05, 4.69) is 54.4 Å². The van der Waals surface area contributed by atoms with Gasteiger partial charge in [0.2, 0.25) is 0 Å². The minimum absolute atomic E-state index is 0.749. The van der Waals surface area contributed by atoms with Crippen molar-refractivity contribution in [3.8, 4) is 11.4 Å². The van der Waals surface area contributed by atoms with Gasteiger partial charge < -0.3 is 10.3 Å². The van der Waals surface area contributed by atoms with Crippen molar-refractivity contribution in [2.75, 3.05) is 6.54 Å². The van der Waals surface area contributed by atoms with Crippen LogP contribution in [0.15, 0.2) is 34.9 Å². The molecule has 100 valence electrons. The fourth-order valence-corrected chi connectivity index (χ4v) is 2.97. The summed E-state index contributed by atoms with van der Waals surface area (Å²) in [5.74, 6) is 0.874. The number of aromatic nitrogens is 3. The molecular weight excluding hydrogens is 316 g/mol. The van der Waals surface area contributed by atoms with Gasteiger partial charge in [-0.2, -0.15) is 0 Å². The molecule has 20 heavy (non-hydrogen) atoms. The van der Waals surface area contributed by atoms with Gasteiger partial charge in [0.15, 0.2) is 5.65 Å². The van der Waals surface area contributed by atoms with Crippen LogP contribution in [0.25, 0.3) is 22.6 Å². The number of fused-ring (bicyclic) bond motifs is 2. The van der Waals surface area contributed by atoms with Crippen LogP contribution in [0, 0.1) is 0 Å². The molecule has 4 rings (SSSR count). The van der Waals surface area contributed by atoms with Crippen molar-refractivity contribution in [2.45, 2.75) is 13.0 Å². The van der Waals surface area contributed by atoms with Crippen LogP contribution in [-0.4, -0.2) is 21.5 Å². The Hall–Kier alpha value is -1.72. The van der Waals surface area contributed by atoms with E-state index in [1.807, 2.05) is 6.07 Å². The van der Waals surface area contributed by atoms with Crippen LogP contribution in [0.3, 0.4) is 0 Å². The number of pyridine rings is 1. The standard InChI is InChI=1S/C15H13BrN4/c16-12-6-13-15(18-8-12)20-14(19-13)10-2-1-9-3-4-17-7-11(9)5-10/h1-2,5-6,8,17H,3-4,7H2,(H,18,19,20). The molecule has 0 unspecified atom stereocenters. The number of hydrogen-bond acceptors (Lipinski definition) is 3. The number of imidazole rings is 1. The third-order valence-electron chi connectivity index (χ3n) is 3.67. The third kappa shape index (κ3) is 2.03. The largest absolute Gasteiger partial charge is 0.337 e. The molecule has 0 fully saturated rings. The summed E-state index contributed by atoms with van der Waals surface area (Å²) in [7, 11) is 0. The summed E-state index contributed by atoms with van der Waals surface area (Å²) in [6.07, 6.45) is 2.87. The SMILES string of the molecule is Brc1cnc2nc(-c3ccc4c(c3)CNCC4)[nH]c2c1. The Kier molecular flexibility index (Phi) is 2.82. The Labute approximate surface area is 124 Å². The molecule has 2 N–H and O–H groups in total. The molecule has 3 heterocycles. The average Bonchev–Trinajstić information content (AvgIpc) is 2.89. The van der Waals surface area contributed by atoms with Crippen LogP contribution in [-0.2, 0) is 13.0 Å². The first-order chi connectivity index (χ1) is 9.79. The first-order valence-corrected chi connectivity index (χ1v) is 7.43. The molecule has 0 radical (unpaired) electrons. The maximum atomic E-state index is 4.57. The number of nitrogens with one attached hydrogen (secondary N) is 2. The topological polar surface area (TPSA) is 53.6 Å². The molecule has 1 aliphatic rings. The quantitative estimate of drug-likeness (QED) is 0.722.